The molecule has 1 heterocycles. The number of rotatable bonds is 3. The highest BCUT2D eigenvalue weighted by molar-refractivity contribution is 9.10. The highest BCUT2D eigenvalue weighted by Crippen LogP contribution is 2.41. The van der Waals surface area contributed by atoms with Crippen molar-refractivity contribution in [3.05, 3.63) is 28.5 Å². The first-order valence-corrected chi connectivity index (χ1v) is 8.03. The second-order valence-corrected chi connectivity index (χ2v) is 7.78. The van der Waals surface area contributed by atoms with Crippen molar-refractivity contribution in [2.75, 3.05) is 0 Å². The quantitative estimate of drug-likeness (QED) is 0.905. The zero-order valence-corrected chi connectivity index (χ0v) is 13.8. The molecule has 1 aromatic rings. The van der Waals surface area contributed by atoms with Crippen molar-refractivity contribution in [3.63, 3.8) is 0 Å². The van der Waals surface area contributed by atoms with Gasteiger partial charge in [-0.15, -0.1) is 0 Å². The molecule has 0 saturated heterocycles. The van der Waals surface area contributed by atoms with E-state index in [1.54, 1.807) is 0 Å². The molecule has 1 fully saturated rings. The molecule has 0 aliphatic heterocycles. The summed E-state index contributed by atoms with van der Waals surface area (Å²) in [6.45, 7) is 7.03. The normalized spacial score (nSPS) is 28.4. The Hall–Kier alpha value is -0.410. The fraction of sp³-hybridized carbons (Fsp3) is 0.688. The molecule has 3 atom stereocenters. The summed E-state index contributed by atoms with van der Waals surface area (Å²) in [7, 11) is 0. The van der Waals surface area contributed by atoms with Crippen LogP contribution >= 0.6 is 15.9 Å². The van der Waals surface area contributed by atoms with Crippen LogP contribution < -0.4 is 5.73 Å². The maximum atomic E-state index is 6.41. The van der Waals surface area contributed by atoms with E-state index in [9.17, 15) is 0 Å². The van der Waals surface area contributed by atoms with Crippen LogP contribution in [0.25, 0.3) is 0 Å². The van der Waals surface area contributed by atoms with Crippen molar-refractivity contribution in [3.8, 4) is 0 Å². The average Bonchev–Trinajstić information content (AvgIpc) is 2.27. The van der Waals surface area contributed by atoms with Crippen LogP contribution in [0.3, 0.4) is 0 Å². The van der Waals surface area contributed by atoms with E-state index in [2.05, 4.69) is 47.8 Å². The molecule has 1 aliphatic rings. The van der Waals surface area contributed by atoms with Crippen molar-refractivity contribution in [1.29, 1.82) is 0 Å². The van der Waals surface area contributed by atoms with E-state index in [1.807, 2.05) is 12.4 Å². The van der Waals surface area contributed by atoms with E-state index in [0.29, 0.717) is 12.0 Å². The maximum Gasteiger partial charge on any atom is 0.0410 e. The summed E-state index contributed by atoms with van der Waals surface area (Å²) in [5.41, 5.74) is 7.95. The zero-order valence-electron chi connectivity index (χ0n) is 12.2. The lowest BCUT2D eigenvalue weighted by Crippen LogP contribution is -2.44. The van der Waals surface area contributed by atoms with Gasteiger partial charge in [-0.05, 0) is 64.1 Å². The molecule has 2 N–H and O–H groups in total. The summed E-state index contributed by atoms with van der Waals surface area (Å²) in [6.07, 6.45) is 8.61. The Labute approximate surface area is 125 Å². The van der Waals surface area contributed by atoms with Crippen LogP contribution in [0.15, 0.2) is 22.9 Å². The molecule has 19 heavy (non-hydrogen) atoms. The van der Waals surface area contributed by atoms with Gasteiger partial charge >= 0.3 is 0 Å². The van der Waals surface area contributed by atoms with Gasteiger partial charge in [0.15, 0.2) is 0 Å². The van der Waals surface area contributed by atoms with Gasteiger partial charge in [0.25, 0.3) is 0 Å². The number of nitrogens with zero attached hydrogens (tertiary/aromatic N) is 1. The fourth-order valence-corrected chi connectivity index (χ4v) is 4.02. The third-order valence-electron chi connectivity index (χ3n) is 4.59. The number of hydrogen-bond acceptors (Lipinski definition) is 2. The molecule has 2 rings (SSSR count). The zero-order chi connectivity index (χ0) is 14.0. The predicted octanol–water partition coefficient (Wildman–Crippen LogP) is 4.18. The second kappa shape index (κ2) is 5.92. The number of halogens is 1. The van der Waals surface area contributed by atoms with Gasteiger partial charge < -0.3 is 5.73 Å². The molecule has 0 amide bonds. The summed E-state index contributed by atoms with van der Waals surface area (Å²) < 4.78 is 1.06. The molecule has 0 aromatic carbocycles. The molecule has 1 aromatic heterocycles. The van der Waals surface area contributed by atoms with Gasteiger partial charge in [0.2, 0.25) is 0 Å². The van der Waals surface area contributed by atoms with E-state index >= 15 is 0 Å². The molecule has 1 saturated carbocycles. The smallest absolute Gasteiger partial charge is 0.0410 e. The van der Waals surface area contributed by atoms with Gasteiger partial charge in [0.1, 0.15) is 0 Å². The molecule has 1 aliphatic carbocycles. The Morgan fingerprint density at radius 2 is 2.11 bits per heavy atom. The number of hydrogen-bond donors (Lipinski definition) is 1. The molecular formula is C16H25BrN2. The van der Waals surface area contributed by atoms with Gasteiger partial charge in [-0.2, -0.15) is 0 Å². The Balaban J connectivity index is 2.09. The summed E-state index contributed by atoms with van der Waals surface area (Å²) >= 11 is 3.50. The van der Waals surface area contributed by atoms with Crippen LogP contribution in [0.5, 0.6) is 0 Å². The van der Waals surface area contributed by atoms with Gasteiger partial charge in [-0.25, -0.2) is 0 Å². The molecule has 0 bridgehead atoms. The Morgan fingerprint density at radius 3 is 2.74 bits per heavy atom. The lowest BCUT2D eigenvalue weighted by molar-refractivity contribution is 0.113. The first-order chi connectivity index (χ1) is 8.88. The minimum atomic E-state index is 0.238. The monoisotopic (exact) mass is 324 g/mol. The minimum Gasteiger partial charge on any atom is -0.327 e. The van der Waals surface area contributed by atoms with Crippen molar-refractivity contribution < 1.29 is 0 Å². The summed E-state index contributed by atoms with van der Waals surface area (Å²) in [4.78, 5) is 4.27. The standard InChI is InChI=1S/C16H25BrN2/c1-11-4-5-14(15(18)6-11)16(2,3)8-12-7-13(17)10-19-9-12/h7,9-11,14-15H,4-6,8,18H2,1-3H3. The highest BCUT2D eigenvalue weighted by atomic mass is 79.9. The molecule has 3 heteroatoms. The first kappa shape index (κ1) is 15.0. The first-order valence-electron chi connectivity index (χ1n) is 7.23. The SMILES string of the molecule is CC1CCC(C(C)(C)Cc2cncc(Br)c2)C(N)C1. The maximum absolute atomic E-state index is 6.41. The predicted molar refractivity (Wildman–Crippen MR) is 83.9 cm³/mol. The lowest BCUT2D eigenvalue weighted by Gasteiger charge is -2.43. The molecule has 0 spiro atoms. The van der Waals surface area contributed by atoms with E-state index < -0.39 is 0 Å². The largest absolute Gasteiger partial charge is 0.327 e. The molecule has 3 unspecified atom stereocenters. The average molecular weight is 325 g/mol. The third kappa shape index (κ3) is 3.79. The fourth-order valence-electron chi connectivity index (χ4n) is 3.60. The Kier molecular flexibility index (Phi) is 4.67. The van der Waals surface area contributed by atoms with E-state index in [1.165, 1.54) is 24.8 Å². The van der Waals surface area contributed by atoms with Crippen molar-refractivity contribution in [1.82, 2.24) is 4.98 Å². The topological polar surface area (TPSA) is 38.9 Å². The summed E-state index contributed by atoms with van der Waals surface area (Å²) in [5.74, 6) is 1.40. The summed E-state index contributed by atoms with van der Waals surface area (Å²) in [5, 5.41) is 0. The van der Waals surface area contributed by atoms with Crippen LogP contribution in [0.2, 0.25) is 0 Å². The summed E-state index contributed by atoms with van der Waals surface area (Å²) in [6, 6.07) is 2.52. The van der Waals surface area contributed by atoms with Gasteiger partial charge in [0.05, 0.1) is 0 Å². The minimum absolute atomic E-state index is 0.238. The van der Waals surface area contributed by atoms with Gasteiger partial charge in [-0.1, -0.05) is 27.2 Å². The van der Waals surface area contributed by atoms with Crippen LogP contribution in [-0.2, 0) is 6.42 Å². The van der Waals surface area contributed by atoms with E-state index in [0.717, 1.165) is 16.8 Å². The molecule has 106 valence electrons. The van der Waals surface area contributed by atoms with Crippen LogP contribution in [0.1, 0.15) is 45.6 Å². The van der Waals surface area contributed by atoms with Crippen molar-refractivity contribution >= 4 is 15.9 Å². The molecule has 2 nitrogen and oxygen atoms in total. The second-order valence-electron chi connectivity index (χ2n) is 6.87. The van der Waals surface area contributed by atoms with Crippen molar-refractivity contribution in [2.24, 2.45) is 23.0 Å². The third-order valence-corrected chi connectivity index (χ3v) is 5.02. The molecule has 0 radical (unpaired) electrons. The van der Waals surface area contributed by atoms with E-state index in [4.69, 9.17) is 5.73 Å². The Morgan fingerprint density at radius 1 is 1.37 bits per heavy atom. The van der Waals surface area contributed by atoms with Gasteiger partial charge in [0, 0.05) is 22.9 Å². The van der Waals surface area contributed by atoms with Gasteiger partial charge in [-0.3, -0.25) is 4.98 Å². The van der Waals surface area contributed by atoms with Crippen molar-refractivity contribution in [2.45, 2.75) is 52.5 Å². The van der Waals surface area contributed by atoms with Crippen LogP contribution in [-0.4, -0.2) is 11.0 Å². The number of nitrogens with two attached hydrogens (primary N) is 1. The highest BCUT2D eigenvalue weighted by Gasteiger charge is 2.37. The Bertz CT molecular complexity index is 431. The van der Waals surface area contributed by atoms with E-state index in [-0.39, 0.29) is 5.41 Å². The van der Waals surface area contributed by atoms with Crippen LogP contribution in [0, 0.1) is 17.3 Å². The van der Waals surface area contributed by atoms with Crippen LogP contribution in [0.4, 0.5) is 0 Å². The number of pyridine rings is 1. The number of aromatic nitrogens is 1. The molecular weight excluding hydrogens is 300 g/mol. The lowest BCUT2D eigenvalue weighted by atomic mass is 9.64.